The van der Waals surface area contributed by atoms with Gasteiger partial charge >= 0.3 is 0 Å². The van der Waals surface area contributed by atoms with E-state index in [0.29, 0.717) is 0 Å². The second-order valence-corrected chi connectivity index (χ2v) is 5.95. The van der Waals surface area contributed by atoms with Crippen molar-refractivity contribution in [2.75, 3.05) is 18.9 Å². The maximum atomic E-state index is 3.41. The molecule has 0 atom stereocenters. The lowest BCUT2D eigenvalue weighted by molar-refractivity contribution is 0.322. The van der Waals surface area contributed by atoms with Crippen molar-refractivity contribution in [2.45, 2.75) is 19.5 Å². The van der Waals surface area contributed by atoms with Crippen LogP contribution in [0.2, 0.25) is 0 Å². The van der Waals surface area contributed by atoms with Crippen LogP contribution in [0.25, 0.3) is 0 Å². The highest BCUT2D eigenvalue weighted by Crippen LogP contribution is 2.23. The van der Waals surface area contributed by atoms with E-state index in [1.165, 1.54) is 21.7 Å². The van der Waals surface area contributed by atoms with E-state index in [1.54, 1.807) is 0 Å². The Kier molecular flexibility index (Phi) is 3.35. The Morgan fingerprint density at radius 2 is 2.22 bits per heavy atom. The summed E-state index contributed by atoms with van der Waals surface area (Å²) in [5.74, 6) is 0. The zero-order valence-corrected chi connectivity index (χ0v) is 11.5. The first-order chi connectivity index (χ1) is 8.81. The Balaban J connectivity index is 1.65. The number of hydrogen-bond donors (Lipinski definition) is 1. The smallest absolute Gasteiger partial charge is 0.0373 e. The summed E-state index contributed by atoms with van der Waals surface area (Å²) in [6.07, 6.45) is 1.16. The topological polar surface area (TPSA) is 15.3 Å². The highest BCUT2D eigenvalue weighted by Gasteiger charge is 2.10. The number of nitrogens with one attached hydrogen (secondary N) is 1. The Labute approximate surface area is 112 Å². The lowest BCUT2D eigenvalue weighted by Crippen LogP contribution is -2.16. The van der Waals surface area contributed by atoms with Crippen LogP contribution in [-0.4, -0.2) is 18.5 Å². The van der Waals surface area contributed by atoms with E-state index >= 15 is 0 Å². The highest BCUT2D eigenvalue weighted by atomic mass is 32.1. The molecule has 1 N–H and O–H groups in total. The molecule has 3 rings (SSSR count). The number of benzene rings is 1. The van der Waals surface area contributed by atoms with Crippen molar-refractivity contribution in [1.29, 1.82) is 0 Å². The van der Waals surface area contributed by atoms with Crippen LogP contribution in [0.5, 0.6) is 0 Å². The molecular formula is C15H18N2S. The largest absolute Gasteiger partial charge is 0.384 e. The van der Waals surface area contributed by atoms with Crippen LogP contribution in [0.1, 0.15) is 16.0 Å². The molecule has 0 radical (unpaired) electrons. The molecule has 18 heavy (non-hydrogen) atoms. The van der Waals surface area contributed by atoms with E-state index in [4.69, 9.17) is 0 Å². The molecule has 0 bridgehead atoms. The van der Waals surface area contributed by atoms with E-state index < -0.39 is 0 Å². The third-order valence-corrected chi connectivity index (χ3v) is 4.20. The minimum absolute atomic E-state index is 1.02. The van der Waals surface area contributed by atoms with Gasteiger partial charge in [0.1, 0.15) is 0 Å². The normalized spacial score (nSPS) is 13.7. The van der Waals surface area contributed by atoms with Crippen molar-refractivity contribution in [3.63, 3.8) is 0 Å². The zero-order valence-electron chi connectivity index (χ0n) is 10.6. The predicted molar refractivity (Wildman–Crippen MR) is 78.1 cm³/mol. The number of anilines is 1. The van der Waals surface area contributed by atoms with Crippen molar-refractivity contribution in [3.8, 4) is 0 Å². The Morgan fingerprint density at radius 3 is 3.06 bits per heavy atom. The molecule has 0 fully saturated rings. The molecule has 1 aromatic carbocycles. The summed E-state index contributed by atoms with van der Waals surface area (Å²) in [5, 5.41) is 5.55. The molecule has 2 nitrogen and oxygen atoms in total. The second kappa shape index (κ2) is 5.12. The van der Waals surface area contributed by atoms with Gasteiger partial charge in [0.25, 0.3) is 0 Å². The van der Waals surface area contributed by atoms with E-state index in [1.807, 2.05) is 11.3 Å². The molecule has 2 aromatic rings. The van der Waals surface area contributed by atoms with E-state index in [9.17, 15) is 0 Å². The average Bonchev–Trinajstić information content (AvgIpc) is 2.98. The van der Waals surface area contributed by atoms with Gasteiger partial charge in [-0.2, -0.15) is 0 Å². The van der Waals surface area contributed by atoms with Crippen molar-refractivity contribution in [2.24, 2.45) is 0 Å². The van der Waals surface area contributed by atoms with E-state index in [2.05, 4.69) is 53.0 Å². The van der Waals surface area contributed by atoms with Crippen molar-refractivity contribution >= 4 is 17.0 Å². The van der Waals surface area contributed by atoms with Crippen LogP contribution >= 0.6 is 11.3 Å². The van der Waals surface area contributed by atoms with Crippen molar-refractivity contribution in [1.82, 2.24) is 4.90 Å². The van der Waals surface area contributed by atoms with Gasteiger partial charge in [-0.3, -0.25) is 4.90 Å². The fourth-order valence-electron chi connectivity index (χ4n) is 2.49. The molecule has 2 heterocycles. The summed E-state index contributed by atoms with van der Waals surface area (Å²) in [7, 11) is 2.19. The Morgan fingerprint density at radius 1 is 1.28 bits per heavy atom. The summed E-state index contributed by atoms with van der Waals surface area (Å²) in [4.78, 5) is 3.80. The third kappa shape index (κ3) is 2.57. The van der Waals surface area contributed by atoms with Crippen molar-refractivity contribution < 1.29 is 0 Å². The van der Waals surface area contributed by atoms with Gasteiger partial charge in [-0.15, -0.1) is 11.3 Å². The molecule has 1 aliphatic rings. The molecule has 0 aliphatic carbocycles. The number of thiophene rings is 1. The lowest BCUT2D eigenvalue weighted by Gasteiger charge is -2.16. The van der Waals surface area contributed by atoms with Gasteiger partial charge in [0.15, 0.2) is 0 Å². The molecule has 1 aliphatic heterocycles. The van der Waals surface area contributed by atoms with E-state index in [0.717, 1.165) is 26.1 Å². The highest BCUT2D eigenvalue weighted by molar-refractivity contribution is 7.09. The molecule has 0 saturated carbocycles. The summed E-state index contributed by atoms with van der Waals surface area (Å²) in [6.45, 7) is 3.14. The number of nitrogens with zero attached hydrogens (tertiary/aromatic N) is 1. The number of rotatable bonds is 4. The van der Waals surface area contributed by atoms with Gasteiger partial charge in [-0.25, -0.2) is 0 Å². The molecule has 0 unspecified atom stereocenters. The maximum Gasteiger partial charge on any atom is 0.0373 e. The third-order valence-electron chi connectivity index (χ3n) is 3.34. The fraction of sp³-hybridized carbons (Fsp3) is 0.333. The standard InChI is InChI=1S/C15H18N2S/c1-17(11-14-3-2-8-18-14)10-12-4-5-15-13(9-12)6-7-16-15/h2-5,8-9,16H,6-7,10-11H2,1H3. The summed E-state index contributed by atoms with van der Waals surface area (Å²) < 4.78 is 0. The first kappa shape index (κ1) is 11.8. The molecule has 1 aromatic heterocycles. The van der Waals surface area contributed by atoms with Gasteiger partial charge < -0.3 is 5.32 Å². The molecule has 94 valence electrons. The monoisotopic (exact) mass is 258 g/mol. The average molecular weight is 258 g/mol. The number of fused-ring (bicyclic) bond motifs is 1. The first-order valence-corrected chi connectivity index (χ1v) is 7.26. The minimum atomic E-state index is 1.02. The summed E-state index contributed by atoms with van der Waals surface area (Å²) in [5.41, 5.74) is 4.20. The quantitative estimate of drug-likeness (QED) is 0.904. The van der Waals surface area contributed by atoms with Gasteiger partial charge in [-0.05, 0) is 42.1 Å². The molecular weight excluding hydrogens is 240 g/mol. The van der Waals surface area contributed by atoms with Crippen LogP contribution in [0.4, 0.5) is 5.69 Å². The summed E-state index contributed by atoms with van der Waals surface area (Å²) >= 11 is 1.83. The minimum Gasteiger partial charge on any atom is -0.384 e. The molecule has 0 spiro atoms. The predicted octanol–water partition coefficient (Wildman–Crippen LogP) is 3.35. The number of hydrogen-bond acceptors (Lipinski definition) is 3. The Hall–Kier alpha value is -1.32. The van der Waals surface area contributed by atoms with Crippen LogP contribution in [-0.2, 0) is 19.5 Å². The van der Waals surface area contributed by atoms with Crippen molar-refractivity contribution in [3.05, 3.63) is 51.7 Å². The zero-order chi connectivity index (χ0) is 12.4. The second-order valence-electron chi connectivity index (χ2n) is 4.92. The molecule has 3 heteroatoms. The lowest BCUT2D eigenvalue weighted by atomic mass is 10.1. The first-order valence-electron chi connectivity index (χ1n) is 6.38. The van der Waals surface area contributed by atoms with Crippen LogP contribution < -0.4 is 5.32 Å². The van der Waals surface area contributed by atoms with Crippen LogP contribution in [0.3, 0.4) is 0 Å². The fourth-order valence-corrected chi connectivity index (χ4v) is 3.28. The van der Waals surface area contributed by atoms with Gasteiger partial charge in [-0.1, -0.05) is 18.2 Å². The SMILES string of the molecule is CN(Cc1ccc2c(c1)CCN2)Cc1cccs1. The van der Waals surface area contributed by atoms with E-state index in [-0.39, 0.29) is 0 Å². The van der Waals surface area contributed by atoms with Gasteiger partial charge in [0.05, 0.1) is 0 Å². The van der Waals surface area contributed by atoms with Crippen LogP contribution in [0, 0.1) is 0 Å². The maximum absolute atomic E-state index is 3.41. The van der Waals surface area contributed by atoms with Gasteiger partial charge in [0, 0.05) is 30.2 Å². The Bertz CT molecular complexity index is 519. The molecule has 0 amide bonds. The van der Waals surface area contributed by atoms with Crippen LogP contribution in [0.15, 0.2) is 35.7 Å². The molecule has 0 saturated heterocycles. The summed E-state index contributed by atoms with van der Waals surface area (Å²) in [6, 6.07) is 11.1. The van der Waals surface area contributed by atoms with Gasteiger partial charge in [0.2, 0.25) is 0 Å².